The Morgan fingerprint density at radius 3 is 2.42 bits per heavy atom. The largest absolute Gasteiger partial charge is 0.368 e. The Morgan fingerprint density at radius 1 is 1.15 bits per heavy atom. The second kappa shape index (κ2) is 8.67. The van der Waals surface area contributed by atoms with Gasteiger partial charge in [-0.05, 0) is 45.1 Å². The number of amides is 2. The highest BCUT2D eigenvalue weighted by Crippen LogP contribution is 2.24. The van der Waals surface area contributed by atoms with E-state index in [1.807, 2.05) is 28.0 Å². The maximum atomic E-state index is 13.1. The van der Waals surface area contributed by atoms with Gasteiger partial charge in [0.25, 0.3) is 5.91 Å². The first kappa shape index (κ1) is 18.9. The number of piperidine rings is 1. The number of ether oxygens (including phenoxy) is 1. The molecule has 142 valence electrons. The van der Waals surface area contributed by atoms with Crippen molar-refractivity contribution >= 4 is 11.8 Å². The van der Waals surface area contributed by atoms with Crippen LogP contribution in [0.15, 0.2) is 30.3 Å². The third-order valence-corrected chi connectivity index (χ3v) is 5.46. The molecule has 2 fully saturated rings. The van der Waals surface area contributed by atoms with E-state index in [4.69, 9.17) is 4.74 Å². The summed E-state index contributed by atoms with van der Waals surface area (Å²) in [6, 6.07) is 10.3. The van der Waals surface area contributed by atoms with Gasteiger partial charge in [0.15, 0.2) is 0 Å². The van der Waals surface area contributed by atoms with Crippen molar-refractivity contribution in [1.82, 2.24) is 9.80 Å². The zero-order chi connectivity index (χ0) is 18.5. The normalized spacial score (nSPS) is 21.2. The van der Waals surface area contributed by atoms with Crippen LogP contribution in [0.4, 0.5) is 0 Å². The van der Waals surface area contributed by atoms with E-state index < -0.39 is 0 Å². The van der Waals surface area contributed by atoms with Crippen LogP contribution < -0.4 is 0 Å². The summed E-state index contributed by atoms with van der Waals surface area (Å²) in [5.74, 6) is 0.334. The molecule has 0 N–H and O–H groups in total. The molecular weight excluding hydrogens is 328 g/mol. The summed E-state index contributed by atoms with van der Waals surface area (Å²) in [4.78, 5) is 29.4. The van der Waals surface area contributed by atoms with Gasteiger partial charge in [0.2, 0.25) is 5.91 Å². The molecule has 2 heterocycles. The molecule has 0 aromatic heterocycles. The summed E-state index contributed by atoms with van der Waals surface area (Å²) in [7, 11) is 0. The van der Waals surface area contributed by atoms with Gasteiger partial charge in [-0.1, -0.05) is 30.3 Å². The van der Waals surface area contributed by atoms with Crippen molar-refractivity contribution in [3.63, 3.8) is 0 Å². The lowest BCUT2D eigenvalue weighted by molar-refractivity contribution is -0.146. The molecule has 2 amide bonds. The van der Waals surface area contributed by atoms with Gasteiger partial charge in [0, 0.05) is 38.2 Å². The van der Waals surface area contributed by atoms with E-state index in [2.05, 4.69) is 26.0 Å². The SMILES string of the molecule is CC(C)N(Cc1ccccc1)C(=O)C1CCN(C(=O)C2CCCO2)CC1. The predicted molar refractivity (Wildman–Crippen MR) is 100 cm³/mol. The van der Waals surface area contributed by atoms with E-state index in [1.165, 1.54) is 0 Å². The summed E-state index contributed by atoms with van der Waals surface area (Å²) in [6.45, 7) is 6.78. The number of hydrogen-bond acceptors (Lipinski definition) is 3. The molecule has 1 aromatic carbocycles. The fraction of sp³-hybridized carbons (Fsp3) is 0.619. The van der Waals surface area contributed by atoms with Crippen LogP contribution in [0.3, 0.4) is 0 Å². The molecule has 2 aliphatic heterocycles. The average molecular weight is 358 g/mol. The molecule has 5 heteroatoms. The van der Waals surface area contributed by atoms with Crippen molar-refractivity contribution in [2.24, 2.45) is 5.92 Å². The molecule has 0 bridgehead atoms. The molecular formula is C21H30N2O3. The summed E-state index contributed by atoms with van der Waals surface area (Å²) in [5.41, 5.74) is 1.15. The van der Waals surface area contributed by atoms with Gasteiger partial charge < -0.3 is 14.5 Å². The van der Waals surface area contributed by atoms with Gasteiger partial charge in [-0.25, -0.2) is 0 Å². The Bertz CT molecular complexity index is 603. The molecule has 3 rings (SSSR count). The van der Waals surface area contributed by atoms with Gasteiger partial charge >= 0.3 is 0 Å². The molecule has 1 atom stereocenters. The third kappa shape index (κ3) is 4.44. The smallest absolute Gasteiger partial charge is 0.251 e. The van der Waals surface area contributed by atoms with Gasteiger partial charge in [0.1, 0.15) is 6.10 Å². The maximum Gasteiger partial charge on any atom is 0.251 e. The molecule has 5 nitrogen and oxygen atoms in total. The minimum atomic E-state index is -0.257. The van der Waals surface area contributed by atoms with Gasteiger partial charge in [-0.3, -0.25) is 9.59 Å². The summed E-state index contributed by atoms with van der Waals surface area (Å²) in [5, 5.41) is 0. The first-order valence-electron chi connectivity index (χ1n) is 9.81. The molecule has 26 heavy (non-hydrogen) atoms. The van der Waals surface area contributed by atoms with E-state index in [-0.39, 0.29) is 29.9 Å². The third-order valence-electron chi connectivity index (χ3n) is 5.46. The number of carbonyl (C=O) groups excluding carboxylic acids is 2. The number of rotatable bonds is 5. The molecule has 2 aliphatic rings. The minimum Gasteiger partial charge on any atom is -0.368 e. The monoisotopic (exact) mass is 358 g/mol. The number of likely N-dealkylation sites (tertiary alicyclic amines) is 1. The fourth-order valence-corrected chi connectivity index (χ4v) is 3.85. The highest BCUT2D eigenvalue weighted by atomic mass is 16.5. The highest BCUT2D eigenvalue weighted by molar-refractivity contribution is 5.82. The van der Waals surface area contributed by atoms with E-state index >= 15 is 0 Å². The van der Waals surface area contributed by atoms with Crippen LogP contribution in [0, 0.1) is 5.92 Å². The van der Waals surface area contributed by atoms with Crippen molar-refractivity contribution < 1.29 is 14.3 Å². The number of benzene rings is 1. The van der Waals surface area contributed by atoms with Crippen molar-refractivity contribution in [3.8, 4) is 0 Å². The topological polar surface area (TPSA) is 49.9 Å². The van der Waals surface area contributed by atoms with E-state index in [0.717, 1.165) is 31.2 Å². The van der Waals surface area contributed by atoms with Crippen LogP contribution in [0.2, 0.25) is 0 Å². The molecule has 1 aromatic rings. The number of hydrogen-bond donors (Lipinski definition) is 0. The Morgan fingerprint density at radius 2 is 1.85 bits per heavy atom. The van der Waals surface area contributed by atoms with Gasteiger partial charge in [-0.15, -0.1) is 0 Å². The van der Waals surface area contributed by atoms with Crippen LogP contribution in [-0.2, 0) is 20.9 Å². The number of nitrogens with zero attached hydrogens (tertiary/aromatic N) is 2. The fourth-order valence-electron chi connectivity index (χ4n) is 3.85. The molecule has 2 saturated heterocycles. The van der Waals surface area contributed by atoms with Crippen LogP contribution in [0.5, 0.6) is 0 Å². The lowest BCUT2D eigenvalue weighted by Gasteiger charge is -2.36. The van der Waals surface area contributed by atoms with Crippen molar-refractivity contribution in [1.29, 1.82) is 0 Å². The lowest BCUT2D eigenvalue weighted by atomic mass is 9.94. The predicted octanol–water partition coefficient (Wildman–Crippen LogP) is 2.84. The Kier molecular flexibility index (Phi) is 6.30. The highest BCUT2D eigenvalue weighted by Gasteiger charge is 2.34. The zero-order valence-corrected chi connectivity index (χ0v) is 15.9. The first-order valence-corrected chi connectivity index (χ1v) is 9.81. The molecule has 0 radical (unpaired) electrons. The molecule has 0 spiro atoms. The van der Waals surface area contributed by atoms with E-state index in [1.54, 1.807) is 0 Å². The standard InChI is InChI=1S/C21H30N2O3/c1-16(2)23(15-17-7-4-3-5-8-17)20(24)18-10-12-22(13-11-18)21(25)19-9-6-14-26-19/h3-5,7-8,16,18-19H,6,9-15H2,1-2H3. The second-order valence-electron chi connectivity index (χ2n) is 7.65. The zero-order valence-electron chi connectivity index (χ0n) is 15.9. The van der Waals surface area contributed by atoms with Crippen LogP contribution in [0.25, 0.3) is 0 Å². The van der Waals surface area contributed by atoms with Crippen molar-refractivity contribution in [2.45, 2.75) is 58.2 Å². The summed E-state index contributed by atoms with van der Waals surface area (Å²) >= 11 is 0. The lowest BCUT2D eigenvalue weighted by Crippen LogP contribution is -2.48. The minimum absolute atomic E-state index is 0.00894. The second-order valence-corrected chi connectivity index (χ2v) is 7.65. The van der Waals surface area contributed by atoms with E-state index in [9.17, 15) is 9.59 Å². The van der Waals surface area contributed by atoms with E-state index in [0.29, 0.717) is 26.2 Å². The first-order chi connectivity index (χ1) is 12.6. The van der Waals surface area contributed by atoms with Crippen molar-refractivity contribution in [3.05, 3.63) is 35.9 Å². The van der Waals surface area contributed by atoms with Gasteiger partial charge in [-0.2, -0.15) is 0 Å². The van der Waals surface area contributed by atoms with Gasteiger partial charge in [0.05, 0.1) is 0 Å². The van der Waals surface area contributed by atoms with Crippen LogP contribution in [-0.4, -0.2) is 53.5 Å². The summed E-state index contributed by atoms with van der Waals surface area (Å²) < 4.78 is 5.51. The Balaban J connectivity index is 1.56. The molecule has 0 saturated carbocycles. The Hall–Kier alpha value is -1.88. The molecule has 0 aliphatic carbocycles. The molecule has 1 unspecified atom stereocenters. The maximum absolute atomic E-state index is 13.1. The average Bonchev–Trinajstić information content (AvgIpc) is 3.20. The Labute approximate surface area is 156 Å². The number of carbonyl (C=O) groups is 2. The van der Waals surface area contributed by atoms with Crippen molar-refractivity contribution in [2.75, 3.05) is 19.7 Å². The quantitative estimate of drug-likeness (QED) is 0.813. The van der Waals surface area contributed by atoms with Crippen LogP contribution in [0.1, 0.15) is 45.1 Å². The van der Waals surface area contributed by atoms with Crippen LogP contribution >= 0.6 is 0 Å². The summed E-state index contributed by atoms with van der Waals surface area (Å²) in [6.07, 6.45) is 3.03.